The number of rotatable bonds is 4. The van der Waals surface area contributed by atoms with Crippen molar-refractivity contribution in [3.63, 3.8) is 0 Å². The van der Waals surface area contributed by atoms with Gasteiger partial charge in [0.25, 0.3) is 0 Å². The number of allylic oxidation sites excluding steroid dienone is 2. The van der Waals surface area contributed by atoms with Gasteiger partial charge in [-0.05, 0) is 41.5 Å². The molecule has 2 heteroatoms. The largest absolute Gasteiger partial charge is 0.409 e. The van der Waals surface area contributed by atoms with Crippen LogP contribution in [0.1, 0.15) is 40.5 Å². The van der Waals surface area contributed by atoms with Crippen molar-refractivity contribution in [2.45, 2.75) is 63.8 Å². The summed E-state index contributed by atoms with van der Waals surface area (Å²) in [7, 11) is -1.68. The first-order valence-corrected chi connectivity index (χ1v) is 9.85. The molecule has 0 aromatic rings. The minimum Gasteiger partial charge on any atom is -0.409 e. The minimum atomic E-state index is -1.68. The smallest absolute Gasteiger partial charge is 0.199 e. The van der Waals surface area contributed by atoms with Crippen LogP contribution in [0.3, 0.4) is 0 Å². The van der Waals surface area contributed by atoms with Gasteiger partial charge in [-0.25, -0.2) is 0 Å². The monoisotopic (exact) mass is 276 g/mol. The van der Waals surface area contributed by atoms with E-state index in [0.29, 0.717) is 17.0 Å². The second-order valence-corrected chi connectivity index (χ2v) is 11.7. The van der Waals surface area contributed by atoms with E-state index in [9.17, 15) is 0 Å². The van der Waals surface area contributed by atoms with Crippen molar-refractivity contribution in [1.29, 1.82) is 0 Å². The number of hydrogen-bond donors (Lipinski definition) is 0. The fourth-order valence-corrected chi connectivity index (χ4v) is 8.73. The van der Waals surface area contributed by atoms with E-state index >= 15 is 0 Å². The Morgan fingerprint density at radius 1 is 1.37 bits per heavy atom. The number of hydrogen-bond acceptors (Lipinski definition) is 1. The van der Waals surface area contributed by atoms with Gasteiger partial charge in [-0.15, -0.1) is 6.58 Å². The molecule has 2 aliphatic rings. The molecule has 2 rings (SSSR count). The van der Waals surface area contributed by atoms with Gasteiger partial charge < -0.3 is 4.43 Å². The zero-order valence-corrected chi connectivity index (χ0v) is 13.9. The van der Waals surface area contributed by atoms with Gasteiger partial charge in [0.05, 0.1) is 6.10 Å². The first-order chi connectivity index (χ1) is 8.90. The van der Waals surface area contributed by atoms with E-state index in [1.807, 2.05) is 6.08 Å². The van der Waals surface area contributed by atoms with Crippen molar-refractivity contribution in [2.24, 2.45) is 5.92 Å². The summed E-state index contributed by atoms with van der Waals surface area (Å²) in [6.45, 7) is 17.5. The van der Waals surface area contributed by atoms with Gasteiger partial charge in [0.15, 0.2) is 8.32 Å². The zero-order chi connectivity index (χ0) is 14.2. The van der Waals surface area contributed by atoms with Crippen molar-refractivity contribution in [1.82, 2.24) is 0 Å². The van der Waals surface area contributed by atoms with Crippen LogP contribution < -0.4 is 0 Å². The lowest BCUT2D eigenvalue weighted by Gasteiger charge is -2.48. The third kappa shape index (κ3) is 2.53. The van der Waals surface area contributed by atoms with Crippen LogP contribution in [0, 0.1) is 5.92 Å². The molecule has 1 nitrogen and oxygen atoms in total. The molecule has 106 valence electrons. The van der Waals surface area contributed by atoms with Crippen LogP contribution in [0.15, 0.2) is 36.5 Å². The summed E-state index contributed by atoms with van der Waals surface area (Å²) in [5.74, 6) is 0.697. The van der Waals surface area contributed by atoms with Crippen molar-refractivity contribution >= 4 is 8.32 Å². The Morgan fingerprint density at radius 2 is 2.00 bits per heavy atom. The molecule has 2 atom stereocenters. The average Bonchev–Trinajstić information content (AvgIpc) is 2.69. The molecule has 2 unspecified atom stereocenters. The van der Waals surface area contributed by atoms with Gasteiger partial charge in [0.2, 0.25) is 0 Å². The van der Waals surface area contributed by atoms with Gasteiger partial charge in [-0.3, -0.25) is 0 Å². The molecule has 1 fully saturated rings. The van der Waals surface area contributed by atoms with Crippen molar-refractivity contribution in [3.05, 3.63) is 36.5 Å². The topological polar surface area (TPSA) is 9.23 Å². The molecular weight excluding hydrogens is 248 g/mol. The second-order valence-electron chi connectivity index (χ2n) is 6.80. The predicted octanol–water partition coefficient (Wildman–Crippen LogP) is 5.23. The lowest BCUT2D eigenvalue weighted by molar-refractivity contribution is 0.180. The molecule has 1 heterocycles. The Morgan fingerprint density at radius 3 is 2.53 bits per heavy atom. The Bertz CT molecular complexity index is 397. The van der Waals surface area contributed by atoms with Gasteiger partial charge in [-0.1, -0.05) is 52.0 Å². The Hall–Kier alpha value is -0.603. The summed E-state index contributed by atoms with van der Waals surface area (Å²) in [4.78, 5) is 0. The zero-order valence-electron chi connectivity index (χ0n) is 12.9. The minimum absolute atomic E-state index is 0.270. The van der Waals surface area contributed by atoms with E-state index < -0.39 is 8.32 Å². The van der Waals surface area contributed by atoms with E-state index in [0.717, 1.165) is 12.8 Å². The van der Waals surface area contributed by atoms with Gasteiger partial charge >= 0.3 is 0 Å². The lowest BCUT2D eigenvalue weighted by atomic mass is 9.96. The second kappa shape index (κ2) is 5.41. The maximum Gasteiger partial charge on any atom is 0.199 e. The molecule has 19 heavy (non-hydrogen) atoms. The van der Waals surface area contributed by atoms with E-state index in [1.165, 1.54) is 17.2 Å². The number of fused-ring (bicyclic) bond motifs is 1. The van der Waals surface area contributed by atoms with E-state index in [1.54, 1.807) is 0 Å². The summed E-state index contributed by atoms with van der Waals surface area (Å²) < 4.78 is 6.76. The highest BCUT2D eigenvalue weighted by atomic mass is 28.4. The molecule has 0 aromatic carbocycles. The fourth-order valence-electron chi connectivity index (χ4n) is 3.90. The normalized spacial score (nSPS) is 29.6. The van der Waals surface area contributed by atoms with E-state index in [2.05, 4.69) is 46.9 Å². The molecule has 0 saturated carbocycles. The third-order valence-electron chi connectivity index (χ3n) is 4.98. The molecule has 1 aliphatic carbocycles. The molecule has 0 N–H and O–H groups in total. The van der Waals surface area contributed by atoms with Gasteiger partial charge in [0.1, 0.15) is 0 Å². The summed E-state index contributed by atoms with van der Waals surface area (Å²) in [6, 6.07) is 1.28. The van der Waals surface area contributed by atoms with Crippen LogP contribution in [0.4, 0.5) is 0 Å². The van der Waals surface area contributed by atoms with Crippen LogP contribution in [0.5, 0.6) is 0 Å². The SMILES string of the molecule is C=CCC1O[Si](C(C)C)(C(C)C)CC2CC(=C)C=C21. The first-order valence-electron chi connectivity index (χ1n) is 7.58. The fraction of sp³-hybridized carbons (Fsp3) is 0.647. The van der Waals surface area contributed by atoms with Gasteiger partial charge in [-0.2, -0.15) is 0 Å². The van der Waals surface area contributed by atoms with Crippen LogP contribution in [-0.2, 0) is 4.43 Å². The van der Waals surface area contributed by atoms with Crippen LogP contribution in [0.2, 0.25) is 17.1 Å². The maximum atomic E-state index is 6.76. The highest BCUT2D eigenvalue weighted by Gasteiger charge is 2.51. The molecule has 0 amide bonds. The Balaban J connectivity index is 2.35. The summed E-state index contributed by atoms with van der Waals surface area (Å²) in [6.07, 6.45) is 6.67. The molecular formula is C17H28OSi. The third-order valence-corrected chi connectivity index (χ3v) is 10.7. The highest BCUT2D eigenvalue weighted by Crippen LogP contribution is 2.51. The van der Waals surface area contributed by atoms with Crippen molar-refractivity contribution < 1.29 is 4.43 Å². The predicted molar refractivity (Wildman–Crippen MR) is 85.8 cm³/mol. The van der Waals surface area contributed by atoms with Crippen molar-refractivity contribution in [3.8, 4) is 0 Å². The van der Waals surface area contributed by atoms with E-state index in [4.69, 9.17) is 4.43 Å². The highest BCUT2D eigenvalue weighted by molar-refractivity contribution is 6.76. The quantitative estimate of drug-likeness (QED) is 0.504. The first kappa shape index (κ1) is 14.8. The molecule has 1 saturated heterocycles. The summed E-state index contributed by atoms with van der Waals surface area (Å²) >= 11 is 0. The molecule has 0 aromatic heterocycles. The average molecular weight is 276 g/mol. The Kier molecular flexibility index (Phi) is 4.22. The summed E-state index contributed by atoms with van der Waals surface area (Å²) in [5.41, 5.74) is 4.13. The van der Waals surface area contributed by atoms with Crippen LogP contribution in [-0.4, -0.2) is 14.4 Å². The molecule has 0 spiro atoms. The molecule has 1 aliphatic heterocycles. The lowest BCUT2D eigenvalue weighted by Crippen LogP contribution is -2.53. The molecule has 0 radical (unpaired) electrons. The summed E-state index contributed by atoms with van der Waals surface area (Å²) in [5, 5.41) is 0. The van der Waals surface area contributed by atoms with Crippen LogP contribution >= 0.6 is 0 Å². The van der Waals surface area contributed by atoms with Crippen LogP contribution in [0.25, 0.3) is 0 Å². The van der Waals surface area contributed by atoms with Gasteiger partial charge in [0, 0.05) is 0 Å². The standard InChI is InChI=1S/C17H28OSi/c1-7-8-17-16-10-14(6)9-15(16)11-19(18-17,12(2)3)13(4)5/h7,10,12-13,15,17H,1,6,8-9,11H2,2-5H3. The maximum absolute atomic E-state index is 6.76. The van der Waals surface area contributed by atoms with Crippen molar-refractivity contribution in [2.75, 3.05) is 0 Å². The van der Waals surface area contributed by atoms with E-state index in [-0.39, 0.29) is 6.10 Å². The Labute approximate surface area is 119 Å². The molecule has 0 bridgehead atoms.